The van der Waals surface area contributed by atoms with E-state index in [2.05, 4.69) is 10.6 Å². The Morgan fingerprint density at radius 1 is 1.00 bits per heavy atom. The largest absolute Gasteiger partial charge is 0.352 e. The zero-order chi connectivity index (χ0) is 19.4. The number of anilines is 1. The molecule has 140 valence electrons. The van der Waals surface area contributed by atoms with Gasteiger partial charge in [-0.15, -0.1) is 0 Å². The van der Waals surface area contributed by atoms with Gasteiger partial charge in [-0.05, 0) is 54.8 Å². The van der Waals surface area contributed by atoms with E-state index in [4.69, 9.17) is 0 Å². The van der Waals surface area contributed by atoms with Crippen LogP contribution in [0, 0.1) is 0 Å². The number of hydrogen-bond donors (Lipinski definition) is 2. The first-order valence-corrected chi connectivity index (χ1v) is 9.06. The molecule has 0 saturated carbocycles. The number of benzene rings is 2. The van der Waals surface area contributed by atoms with Gasteiger partial charge in [-0.3, -0.25) is 14.4 Å². The Morgan fingerprint density at radius 2 is 1.74 bits per heavy atom. The highest BCUT2D eigenvalue weighted by atomic mass is 16.2. The van der Waals surface area contributed by atoms with Crippen molar-refractivity contribution in [1.29, 1.82) is 0 Å². The lowest BCUT2D eigenvalue weighted by Gasteiger charge is -2.14. The van der Waals surface area contributed by atoms with Crippen LogP contribution in [0.1, 0.15) is 45.7 Å². The molecule has 0 unspecified atom stereocenters. The van der Waals surface area contributed by atoms with Crippen molar-refractivity contribution < 1.29 is 14.4 Å². The fourth-order valence-corrected chi connectivity index (χ4v) is 3.24. The highest BCUT2D eigenvalue weighted by molar-refractivity contribution is 5.98. The maximum Gasteiger partial charge on any atom is 0.251 e. The number of nitrogens with one attached hydrogen (secondary N) is 2. The van der Waals surface area contributed by atoms with Crippen molar-refractivity contribution in [2.24, 2.45) is 0 Å². The topological polar surface area (TPSA) is 78.5 Å². The Kier molecular flexibility index (Phi) is 5.54. The standard InChI is InChI=1S/C21H23N3O3/c1-3-22-20(26)17-6-4-5-15(11-17)13-23-21(27)18-7-8-19-16(12-18)9-10-24(19)14(2)25/h4-8,11-12H,3,9-10,13H2,1-2H3,(H,22,26)(H,23,27). The van der Waals surface area contributed by atoms with Gasteiger partial charge < -0.3 is 15.5 Å². The van der Waals surface area contributed by atoms with Gasteiger partial charge in [0.15, 0.2) is 0 Å². The van der Waals surface area contributed by atoms with Crippen molar-refractivity contribution in [2.75, 3.05) is 18.0 Å². The van der Waals surface area contributed by atoms with Gasteiger partial charge in [0.05, 0.1) is 0 Å². The van der Waals surface area contributed by atoms with E-state index in [0.717, 1.165) is 23.2 Å². The molecule has 3 amide bonds. The van der Waals surface area contributed by atoms with Crippen LogP contribution < -0.4 is 15.5 Å². The SMILES string of the molecule is CCNC(=O)c1cccc(CNC(=O)c2ccc3c(c2)CCN3C(C)=O)c1. The van der Waals surface area contributed by atoms with Crippen molar-refractivity contribution in [3.05, 3.63) is 64.7 Å². The molecule has 2 aromatic rings. The maximum absolute atomic E-state index is 12.5. The van der Waals surface area contributed by atoms with E-state index in [9.17, 15) is 14.4 Å². The first-order chi connectivity index (χ1) is 13.0. The molecule has 0 radical (unpaired) electrons. The highest BCUT2D eigenvalue weighted by Crippen LogP contribution is 2.28. The lowest BCUT2D eigenvalue weighted by atomic mass is 10.1. The van der Waals surface area contributed by atoms with Gasteiger partial charge in [0.25, 0.3) is 11.8 Å². The Labute approximate surface area is 158 Å². The predicted octanol–water partition coefficient (Wildman–Crippen LogP) is 2.28. The number of amides is 3. The molecular weight excluding hydrogens is 342 g/mol. The minimum absolute atomic E-state index is 0.0120. The molecule has 0 aliphatic carbocycles. The molecule has 0 spiro atoms. The second kappa shape index (κ2) is 8.03. The van der Waals surface area contributed by atoms with Gasteiger partial charge in [-0.1, -0.05) is 12.1 Å². The van der Waals surface area contributed by atoms with Crippen molar-refractivity contribution in [2.45, 2.75) is 26.8 Å². The first-order valence-electron chi connectivity index (χ1n) is 9.06. The molecule has 1 aliphatic heterocycles. The van der Waals surface area contributed by atoms with Crippen LogP contribution in [0.5, 0.6) is 0 Å². The molecule has 0 atom stereocenters. The molecular formula is C21H23N3O3. The molecule has 0 fully saturated rings. The van der Waals surface area contributed by atoms with E-state index in [-0.39, 0.29) is 17.7 Å². The molecule has 6 heteroatoms. The van der Waals surface area contributed by atoms with Crippen LogP contribution in [0.2, 0.25) is 0 Å². The normalized spacial score (nSPS) is 12.4. The summed E-state index contributed by atoms with van der Waals surface area (Å²) in [6.45, 7) is 4.98. The van der Waals surface area contributed by atoms with Gasteiger partial charge in [-0.2, -0.15) is 0 Å². The minimum Gasteiger partial charge on any atom is -0.352 e. The Bertz CT molecular complexity index is 892. The number of carbonyl (C=O) groups is 3. The summed E-state index contributed by atoms with van der Waals surface area (Å²) in [5, 5.41) is 5.65. The van der Waals surface area contributed by atoms with Crippen molar-refractivity contribution in [3.8, 4) is 0 Å². The van der Waals surface area contributed by atoms with Crippen LogP contribution in [0.15, 0.2) is 42.5 Å². The van der Waals surface area contributed by atoms with Crippen LogP contribution in [0.4, 0.5) is 5.69 Å². The summed E-state index contributed by atoms with van der Waals surface area (Å²) in [5.74, 6) is -0.292. The van der Waals surface area contributed by atoms with Crippen LogP contribution in [0.25, 0.3) is 0 Å². The fourth-order valence-electron chi connectivity index (χ4n) is 3.24. The van der Waals surface area contributed by atoms with E-state index in [0.29, 0.717) is 30.8 Å². The second-order valence-electron chi connectivity index (χ2n) is 6.51. The first kappa shape index (κ1) is 18.6. The smallest absolute Gasteiger partial charge is 0.251 e. The third kappa shape index (κ3) is 4.16. The van der Waals surface area contributed by atoms with Crippen LogP contribution in [0.3, 0.4) is 0 Å². The molecule has 27 heavy (non-hydrogen) atoms. The van der Waals surface area contributed by atoms with Gasteiger partial charge in [0.1, 0.15) is 0 Å². The zero-order valence-corrected chi connectivity index (χ0v) is 15.5. The third-order valence-corrected chi connectivity index (χ3v) is 4.60. The summed E-state index contributed by atoms with van der Waals surface area (Å²) in [7, 11) is 0. The molecule has 0 saturated heterocycles. The molecule has 2 N–H and O–H groups in total. The van der Waals surface area contributed by atoms with E-state index in [1.54, 1.807) is 36.1 Å². The summed E-state index contributed by atoms with van der Waals surface area (Å²) >= 11 is 0. The Morgan fingerprint density at radius 3 is 2.48 bits per heavy atom. The molecule has 0 aromatic heterocycles. The zero-order valence-electron chi connectivity index (χ0n) is 15.5. The van der Waals surface area contributed by atoms with Crippen molar-refractivity contribution in [1.82, 2.24) is 10.6 Å². The second-order valence-corrected chi connectivity index (χ2v) is 6.51. The maximum atomic E-state index is 12.5. The van der Waals surface area contributed by atoms with Crippen LogP contribution >= 0.6 is 0 Å². The van der Waals surface area contributed by atoms with Gasteiger partial charge in [0, 0.05) is 43.4 Å². The molecule has 0 bridgehead atoms. The van der Waals surface area contributed by atoms with E-state index >= 15 is 0 Å². The molecule has 2 aromatic carbocycles. The number of rotatable bonds is 5. The van der Waals surface area contributed by atoms with Crippen LogP contribution in [-0.2, 0) is 17.8 Å². The van der Waals surface area contributed by atoms with E-state index in [1.807, 2.05) is 25.1 Å². The molecule has 1 aliphatic rings. The highest BCUT2D eigenvalue weighted by Gasteiger charge is 2.23. The molecule has 6 nitrogen and oxygen atoms in total. The Balaban J connectivity index is 1.66. The lowest BCUT2D eigenvalue weighted by molar-refractivity contribution is -0.116. The predicted molar refractivity (Wildman–Crippen MR) is 104 cm³/mol. The molecule has 1 heterocycles. The lowest BCUT2D eigenvalue weighted by Crippen LogP contribution is -2.26. The number of fused-ring (bicyclic) bond motifs is 1. The summed E-state index contributed by atoms with van der Waals surface area (Å²) in [5.41, 5.74) is 3.89. The van der Waals surface area contributed by atoms with E-state index in [1.165, 1.54) is 0 Å². The van der Waals surface area contributed by atoms with Gasteiger partial charge >= 0.3 is 0 Å². The molecule has 3 rings (SSSR count). The van der Waals surface area contributed by atoms with Gasteiger partial charge in [-0.25, -0.2) is 0 Å². The minimum atomic E-state index is -0.178. The van der Waals surface area contributed by atoms with E-state index < -0.39 is 0 Å². The number of carbonyl (C=O) groups excluding carboxylic acids is 3. The monoisotopic (exact) mass is 365 g/mol. The average molecular weight is 365 g/mol. The average Bonchev–Trinajstić information content (AvgIpc) is 3.10. The summed E-state index contributed by atoms with van der Waals surface area (Å²) in [6, 6.07) is 12.6. The number of nitrogens with zero attached hydrogens (tertiary/aromatic N) is 1. The summed E-state index contributed by atoms with van der Waals surface area (Å²) in [6.07, 6.45) is 0.755. The summed E-state index contributed by atoms with van der Waals surface area (Å²) < 4.78 is 0. The third-order valence-electron chi connectivity index (χ3n) is 4.60. The Hall–Kier alpha value is -3.15. The van der Waals surface area contributed by atoms with Crippen LogP contribution in [-0.4, -0.2) is 30.8 Å². The van der Waals surface area contributed by atoms with Crippen molar-refractivity contribution >= 4 is 23.4 Å². The van der Waals surface area contributed by atoms with Gasteiger partial charge in [0.2, 0.25) is 5.91 Å². The number of hydrogen-bond acceptors (Lipinski definition) is 3. The summed E-state index contributed by atoms with van der Waals surface area (Å²) in [4.78, 5) is 37.7. The fraction of sp³-hybridized carbons (Fsp3) is 0.286. The quantitative estimate of drug-likeness (QED) is 0.853. The van der Waals surface area contributed by atoms with Crippen molar-refractivity contribution in [3.63, 3.8) is 0 Å².